The summed E-state index contributed by atoms with van der Waals surface area (Å²) in [6.07, 6.45) is 5.61. The molecule has 0 aliphatic carbocycles. The second-order valence-electron chi connectivity index (χ2n) is 7.41. The molecule has 1 aliphatic heterocycles. The van der Waals surface area contributed by atoms with Crippen molar-refractivity contribution in [2.75, 3.05) is 6.79 Å². The Balaban J connectivity index is 1.49. The van der Waals surface area contributed by atoms with E-state index in [0.29, 0.717) is 13.0 Å². The number of H-pyrrole nitrogens is 1. The highest BCUT2D eigenvalue weighted by atomic mass is 16.7. The van der Waals surface area contributed by atoms with E-state index in [1.54, 1.807) is 18.6 Å². The normalized spacial score (nSPS) is 12.4. The summed E-state index contributed by atoms with van der Waals surface area (Å²) in [5, 5.41) is 0. The van der Waals surface area contributed by atoms with Crippen LogP contribution in [0.15, 0.2) is 42.9 Å². The molecule has 3 heterocycles. The summed E-state index contributed by atoms with van der Waals surface area (Å²) in [4.78, 5) is 26.7. The van der Waals surface area contributed by atoms with Gasteiger partial charge in [-0.15, -0.1) is 0 Å². The number of amides is 1. The predicted molar refractivity (Wildman–Crippen MR) is 109 cm³/mol. The molecular weight excluding hydrogens is 368 g/mol. The maximum Gasteiger partial charge on any atom is 0.231 e. The van der Waals surface area contributed by atoms with Gasteiger partial charge < -0.3 is 19.4 Å². The second-order valence-corrected chi connectivity index (χ2v) is 7.41. The largest absolute Gasteiger partial charge is 0.454 e. The van der Waals surface area contributed by atoms with Crippen molar-refractivity contribution < 1.29 is 14.3 Å². The van der Waals surface area contributed by atoms with Crippen molar-refractivity contribution in [1.29, 1.82) is 0 Å². The molecular formula is C22H24N4O3. The number of imidazole rings is 1. The first-order valence-electron chi connectivity index (χ1n) is 9.64. The SMILES string of the molecule is Cc1ccncc1CC(=O)N(Cc1ncc(-c2ccc3c(c2)OCO3)[nH]1)C(C)C. The van der Waals surface area contributed by atoms with Crippen LogP contribution in [0.3, 0.4) is 0 Å². The van der Waals surface area contributed by atoms with Gasteiger partial charge in [-0.05, 0) is 56.2 Å². The third kappa shape index (κ3) is 4.08. The van der Waals surface area contributed by atoms with E-state index in [9.17, 15) is 4.79 Å². The molecule has 0 spiro atoms. The highest BCUT2D eigenvalue weighted by molar-refractivity contribution is 5.79. The number of benzene rings is 1. The molecule has 4 rings (SSSR count). The molecule has 1 aliphatic rings. The highest BCUT2D eigenvalue weighted by Gasteiger charge is 2.20. The zero-order chi connectivity index (χ0) is 20.4. The standard InChI is InChI=1S/C22H24N4O3/c1-14(2)26(22(27)9-17-10-23-7-6-15(17)3)12-21-24-11-18(25-21)16-4-5-19-20(8-16)29-13-28-19/h4-8,10-11,14H,9,12-13H2,1-3H3,(H,24,25). The first-order chi connectivity index (χ1) is 14.0. The summed E-state index contributed by atoms with van der Waals surface area (Å²) >= 11 is 0. The van der Waals surface area contributed by atoms with E-state index in [1.165, 1.54) is 0 Å². The number of aromatic amines is 1. The Kier molecular flexibility index (Phi) is 5.20. The molecule has 1 N–H and O–H groups in total. The molecule has 3 aromatic rings. The molecule has 29 heavy (non-hydrogen) atoms. The van der Waals surface area contributed by atoms with Gasteiger partial charge in [-0.3, -0.25) is 9.78 Å². The van der Waals surface area contributed by atoms with E-state index in [4.69, 9.17) is 9.47 Å². The number of nitrogens with one attached hydrogen (secondary N) is 1. The molecule has 0 bridgehead atoms. The van der Waals surface area contributed by atoms with Crippen LogP contribution in [0.2, 0.25) is 0 Å². The first-order valence-corrected chi connectivity index (χ1v) is 9.64. The van der Waals surface area contributed by atoms with Gasteiger partial charge in [0.15, 0.2) is 11.5 Å². The summed E-state index contributed by atoms with van der Waals surface area (Å²) in [7, 11) is 0. The molecule has 150 valence electrons. The van der Waals surface area contributed by atoms with E-state index in [1.807, 2.05) is 49.9 Å². The smallest absolute Gasteiger partial charge is 0.231 e. The van der Waals surface area contributed by atoms with Gasteiger partial charge in [0.2, 0.25) is 12.7 Å². The van der Waals surface area contributed by atoms with E-state index in [2.05, 4.69) is 15.0 Å². The van der Waals surface area contributed by atoms with Crippen LogP contribution in [-0.2, 0) is 17.8 Å². The van der Waals surface area contributed by atoms with Crippen LogP contribution in [0.1, 0.15) is 30.8 Å². The zero-order valence-electron chi connectivity index (χ0n) is 16.8. The summed E-state index contributed by atoms with van der Waals surface area (Å²) in [5.74, 6) is 2.26. The van der Waals surface area contributed by atoms with Gasteiger partial charge in [-0.25, -0.2) is 4.98 Å². The van der Waals surface area contributed by atoms with E-state index in [0.717, 1.165) is 39.7 Å². The zero-order valence-corrected chi connectivity index (χ0v) is 16.8. The molecule has 0 atom stereocenters. The van der Waals surface area contributed by atoms with Crippen LogP contribution >= 0.6 is 0 Å². The minimum atomic E-state index is 0.0529. The molecule has 7 nitrogen and oxygen atoms in total. The summed E-state index contributed by atoms with van der Waals surface area (Å²) in [5.41, 5.74) is 3.85. The predicted octanol–water partition coefficient (Wildman–Crippen LogP) is 3.49. The van der Waals surface area contributed by atoms with Gasteiger partial charge in [0, 0.05) is 24.0 Å². The molecule has 1 amide bonds. The Morgan fingerprint density at radius 2 is 2.03 bits per heavy atom. The number of carbonyl (C=O) groups is 1. The lowest BCUT2D eigenvalue weighted by Crippen LogP contribution is -2.37. The maximum atomic E-state index is 12.9. The van der Waals surface area contributed by atoms with Crippen LogP contribution in [0.4, 0.5) is 0 Å². The minimum absolute atomic E-state index is 0.0529. The maximum absolute atomic E-state index is 12.9. The number of aryl methyl sites for hydroxylation is 1. The lowest BCUT2D eigenvalue weighted by molar-refractivity contribution is -0.132. The summed E-state index contributed by atoms with van der Waals surface area (Å²) < 4.78 is 10.8. The number of rotatable bonds is 6. The van der Waals surface area contributed by atoms with Crippen molar-refractivity contribution in [2.24, 2.45) is 0 Å². The number of nitrogens with zero attached hydrogens (tertiary/aromatic N) is 3. The number of hydrogen-bond acceptors (Lipinski definition) is 5. The van der Waals surface area contributed by atoms with Crippen molar-refractivity contribution in [3.05, 3.63) is 59.8 Å². The molecule has 0 saturated carbocycles. The number of fused-ring (bicyclic) bond motifs is 1. The van der Waals surface area contributed by atoms with Crippen molar-refractivity contribution in [3.8, 4) is 22.8 Å². The molecule has 2 aromatic heterocycles. The number of pyridine rings is 1. The third-order valence-electron chi connectivity index (χ3n) is 5.06. The molecule has 0 fully saturated rings. The average Bonchev–Trinajstić information content (AvgIpc) is 3.36. The van der Waals surface area contributed by atoms with Crippen LogP contribution in [-0.4, -0.2) is 38.6 Å². The molecule has 0 saturated heterocycles. The quantitative estimate of drug-likeness (QED) is 0.695. The van der Waals surface area contributed by atoms with Crippen molar-refractivity contribution in [1.82, 2.24) is 19.9 Å². The monoisotopic (exact) mass is 392 g/mol. The highest BCUT2D eigenvalue weighted by Crippen LogP contribution is 2.35. The second kappa shape index (κ2) is 7.95. The van der Waals surface area contributed by atoms with E-state index >= 15 is 0 Å². The summed E-state index contributed by atoms with van der Waals surface area (Å²) in [6, 6.07) is 7.75. The van der Waals surface area contributed by atoms with Gasteiger partial charge >= 0.3 is 0 Å². The lowest BCUT2D eigenvalue weighted by atomic mass is 10.1. The number of hydrogen-bond donors (Lipinski definition) is 1. The fourth-order valence-corrected chi connectivity index (χ4v) is 3.32. The first kappa shape index (κ1) is 19.0. The topological polar surface area (TPSA) is 80.3 Å². The third-order valence-corrected chi connectivity index (χ3v) is 5.06. The van der Waals surface area contributed by atoms with Gasteiger partial charge in [-0.2, -0.15) is 0 Å². The average molecular weight is 392 g/mol. The van der Waals surface area contributed by atoms with E-state index in [-0.39, 0.29) is 18.7 Å². The van der Waals surface area contributed by atoms with Crippen LogP contribution in [0.5, 0.6) is 11.5 Å². The number of carbonyl (C=O) groups excluding carboxylic acids is 1. The van der Waals surface area contributed by atoms with Crippen LogP contribution in [0, 0.1) is 6.92 Å². The van der Waals surface area contributed by atoms with E-state index < -0.39 is 0 Å². The van der Waals surface area contributed by atoms with Gasteiger partial charge in [0.05, 0.1) is 24.9 Å². The van der Waals surface area contributed by atoms with Crippen molar-refractivity contribution in [3.63, 3.8) is 0 Å². The summed E-state index contributed by atoms with van der Waals surface area (Å²) in [6.45, 7) is 6.68. The van der Waals surface area contributed by atoms with Gasteiger partial charge in [-0.1, -0.05) is 0 Å². The fraction of sp³-hybridized carbons (Fsp3) is 0.318. The Bertz CT molecular complexity index is 1030. The molecule has 0 unspecified atom stereocenters. The van der Waals surface area contributed by atoms with Crippen molar-refractivity contribution in [2.45, 2.75) is 39.8 Å². The number of ether oxygens (including phenoxy) is 2. The Labute approximate surface area is 169 Å². The fourth-order valence-electron chi connectivity index (χ4n) is 3.32. The Hall–Kier alpha value is -3.35. The lowest BCUT2D eigenvalue weighted by Gasteiger charge is -2.26. The number of aromatic nitrogens is 3. The van der Waals surface area contributed by atoms with Crippen LogP contribution in [0.25, 0.3) is 11.3 Å². The molecule has 7 heteroatoms. The van der Waals surface area contributed by atoms with Crippen molar-refractivity contribution >= 4 is 5.91 Å². The molecule has 0 radical (unpaired) electrons. The van der Waals surface area contributed by atoms with Gasteiger partial charge in [0.1, 0.15) is 5.82 Å². The Morgan fingerprint density at radius 1 is 1.21 bits per heavy atom. The van der Waals surface area contributed by atoms with Gasteiger partial charge in [0.25, 0.3) is 0 Å². The minimum Gasteiger partial charge on any atom is -0.454 e. The molecule has 1 aromatic carbocycles. The van der Waals surface area contributed by atoms with Crippen LogP contribution < -0.4 is 9.47 Å². The Morgan fingerprint density at radius 3 is 2.83 bits per heavy atom.